The molecule has 0 saturated heterocycles. The second-order valence-electron chi connectivity index (χ2n) is 3.15. The van der Waals surface area contributed by atoms with E-state index in [0.29, 0.717) is 17.9 Å². The minimum absolute atomic E-state index is 0.131. The lowest BCUT2D eigenvalue weighted by atomic mass is 10.2. The molecule has 1 heterocycles. The number of nitrogen functional groups attached to an aromatic ring is 1. The summed E-state index contributed by atoms with van der Waals surface area (Å²) in [7, 11) is 0. The Bertz CT molecular complexity index is 481. The Labute approximate surface area is 91.3 Å². The Morgan fingerprint density at radius 1 is 1.40 bits per heavy atom. The first-order valence-corrected chi connectivity index (χ1v) is 4.76. The maximum Gasteiger partial charge on any atom is 0.145 e. The van der Waals surface area contributed by atoms with E-state index in [0.717, 1.165) is 0 Å². The quantitative estimate of drug-likeness (QED) is 0.853. The van der Waals surface area contributed by atoms with Gasteiger partial charge in [-0.25, -0.2) is 4.39 Å². The number of hydrogen-bond acceptors (Lipinski definition) is 2. The predicted molar refractivity (Wildman–Crippen MR) is 57.2 cm³/mol. The van der Waals surface area contributed by atoms with Crippen molar-refractivity contribution in [2.75, 3.05) is 5.73 Å². The molecule has 0 saturated carbocycles. The van der Waals surface area contributed by atoms with Crippen molar-refractivity contribution in [1.29, 1.82) is 0 Å². The first-order valence-electron chi connectivity index (χ1n) is 4.38. The third-order valence-corrected chi connectivity index (χ3v) is 2.45. The number of nitrogens with zero attached hydrogens (tertiary/aromatic N) is 2. The van der Waals surface area contributed by atoms with Crippen molar-refractivity contribution in [3.63, 3.8) is 0 Å². The van der Waals surface area contributed by atoms with Crippen molar-refractivity contribution < 1.29 is 4.39 Å². The van der Waals surface area contributed by atoms with Gasteiger partial charge in [0.15, 0.2) is 0 Å². The summed E-state index contributed by atoms with van der Waals surface area (Å²) >= 11 is 5.80. The van der Waals surface area contributed by atoms with E-state index in [4.69, 9.17) is 17.3 Å². The fourth-order valence-electron chi connectivity index (χ4n) is 1.31. The van der Waals surface area contributed by atoms with Crippen molar-refractivity contribution >= 4 is 17.4 Å². The summed E-state index contributed by atoms with van der Waals surface area (Å²) in [4.78, 5) is 0. The van der Waals surface area contributed by atoms with Crippen LogP contribution in [0.4, 0.5) is 10.2 Å². The van der Waals surface area contributed by atoms with Crippen LogP contribution in [0.1, 0.15) is 5.56 Å². The van der Waals surface area contributed by atoms with Crippen LogP contribution < -0.4 is 5.73 Å². The largest absolute Gasteiger partial charge is 0.382 e. The molecule has 0 spiro atoms. The molecule has 0 amide bonds. The van der Waals surface area contributed by atoms with Gasteiger partial charge in [0.05, 0.1) is 11.6 Å². The van der Waals surface area contributed by atoms with Crippen LogP contribution in [0.15, 0.2) is 30.5 Å². The number of anilines is 1. The number of benzene rings is 1. The average Bonchev–Trinajstić information content (AvgIpc) is 2.59. The van der Waals surface area contributed by atoms with Crippen molar-refractivity contribution in [2.24, 2.45) is 0 Å². The molecule has 0 fully saturated rings. The van der Waals surface area contributed by atoms with Crippen molar-refractivity contribution in [1.82, 2.24) is 9.78 Å². The maximum absolute atomic E-state index is 13.1. The Balaban J connectivity index is 2.28. The lowest BCUT2D eigenvalue weighted by molar-refractivity contribution is 0.620. The monoisotopic (exact) mass is 225 g/mol. The summed E-state index contributed by atoms with van der Waals surface area (Å²) in [5.74, 6) is 0.0109. The third-order valence-electron chi connectivity index (χ3n) is 2.03. The van der Waals surface area contributed by atoms with E-state index in [1.54, 1.807) is 29.1 Å². The van der Waals surface area contributed by atoms with E-state index < -0.39 is 5.82 Å². The summed E-state index contributed by atoms with van der Waals surface area (Å²) < 4.78 is 14.7. The fraction of sp³-hybridized carbons (Fsp3) is 0.100. The van der Waals surface area contributed by atoms with Crippen molar-refractivity contribution in [3.8, 4) is 0 Å². The van der Waals surface area contributed by atoms with Crippen LogP contribution in [0.25, 0.3) is 0 Å². The molecule has 0 unspecified atom stereocenters. The zero-order chi connectivity index (χ0) is 10.8. The molecular formula is C10H9ClFN3. The molecule has 5 heteroatoms. The van der Waals surface area contributed by atoms with Crippen LogP contribution in [-0.2, 0) is 6.54 Å². The van der Waals surface area contributed by atoms with Crippen LogP contribution >= 0.6 is 11.6 Å². The summed E-state index contributed by atoms with van der Waals surface area (Å²) in [5.41, 5.74) is 6.14. The molecule has 78 valence electrons. The number of aromatic nitrogens is 2. The molecule has 1 aromatic carbocycles. The average molecular weight is 226 g/mol. The lowest BCUT2D eigenvalue weighted by Crippen LogP contribution is -2.02. The highest BCUT2D eigenvalue weighted by Crippen LogP contribution is 2.20. The normalized spacial score (nSPS) is 10.5. The Morgan fingerprint density at radius 3 is 2.87 bits per heavy atom. The number of hydrogen-bond donors (Lipinski definition) is 1. The zero-order valence-corrected chi connectivity index (χ0v) is 8.58. The van der Waals surface area contributed by atoms with E-state index in [-0.39, 0.29) is 5.02 Å². The molecule has 0 bridgehead atoms. The van der Waals surface area contributed by atoms with Gasteiger partial charge in [0, 0.05) is 6.20 Å². The van der Waals surface area contributed by atoms with Gasteiger partial charge in [-0.3, -0.25) is 4.68 Å². The van der Waals surface area contributed by atoms with Crippen molar-refractivity contribution in [3.05, 3.63) is 46.9 Å². The predicted octanol–water partition coefficient (Wildman–Crippen LogP) is 2.31. The molecule has 2 N–H and O–H groups in total. The molecule has 2 aromatic rings. The van der Waals surface area contributed by atoms with Crippen LogP contribution in [0.5, 0.6) is 0 Å². The highest BCUT2D eigenvalue weighted by atomic mass is 35.5. The summed E-state index contributed by atoms with van der Waals surface area (Å²) in [6, 6.07) is 6.36. The smallest absolute Gasteiger partial charge is 0.145 e. The molecule has 0 aliphatic carbocycles. The van der Waals surface area contributed by atoms with E-state index in [1.807, 2.05) is 0 Å². The third kappa shape index (κ3) is 2.10. The van der Waals surface area contributed by atoms with Gasteiger partial charge in [-0.15, -0.1) is 0 Å². The summed E-state index contributed by atoms with van der Waals surface area (Å²) in [6.45, 7) is 0.411. The van der Waals surface area contributed by atoms with E-state index in [2.05, 4.69) is 5.10 Å². The second kappa shape index (κ2) is 3.90. The first kappa shape index (κ1) is 9.98. The molecule has 15 heavy (non-hydrogen) atoms. The molecule has 2 rings (SSSR count). The SMILES string of the molecule is Nc1ccn(Cc2cccc(F)c2Cl)n1. The molecule has 0 atom stereocenters. The van der Waals surface area contributed by atoms with Gasteiger partial charge in [0.1, 0.15) is 11.6 Å². The van der Waals surface area contributed by atoms with Gasteiger partial charge in [-0.1, -0.05) is 23.7 Å². The Morgan fingerprint density at radius 2 is 2.20 bits per heavy atom. The summed E-state index contributed by atoms with van der Waals surface area (Å²) in [6.07, 6.45) is 1.72. The molecule has 1 aromatic heterocycles. The number of rotatable bonds is 2. The van der Waals surface area contributed by atoms with Gasteiger partial charge in [-0.2, -0.15) is 5.10 Å². The number of nitrogens with two attached hydrogens (primary N) is 1. The highest BCUT2D eigenvalue weighted by Gasteiger charge is 2.06. The van der Waals surface area contributed by atoms with E-state index in [1.165, 1.54) is 6.07 Å². The van der Waals surface area contributed by atoms with Gasteiger partial charge < -0.3 is 5.73 Å². The lowest BCUT2D eigenvalue weighted by Gasteiger charge is -2.04. The highest BCUT2D eigenvalue weighted by molar-refractivity contribution is 6.31. The van der Waals surface area contributed by atoms with Gasteiger partial charge >= 0.3 is 0 Å². The molecule has 0 aliphatic rings. The number of halogens is 2. The van der Waals surface area contributed by atoms with Crippen LogP contribution in [0, 0.1) is 5.82 Å². The van der Waals surface area contributed by atoms with E-state index >= 15 is 0 Å². The van der Waals surface area contributed by atoms with Crippen LogP contribution in [-0.4, -0.2) is 9.78 Å². The minimum Gasteiger partial charge on any atom is -0.382 e. The fourth-order valence-corrected chi connectivity index (χ4v) is 1.50. The second-order valence-corrected chi connectivity index (χ2v) is 3.53. The van der Waals surface area contributed by atoms with Crippen molar-refractivity contribution in [2.45, 2.75) is 6.54 Å². The Kier molecular flexibility index (Phi) is 2.60. The molecule has 0 aliphatic heterocycles. The molecular weight excluding hydrogens is 217 g/mol. The van der Waals surface area contributed by atoms with Crippen LogP contribution in [0.2, 0.25) is 5.02 Å². The molecule has 0 radical (unpaired) electrons. The van der Waals surface area contributed by atoms with E-state index in [9.17, 15) is 4.39 Å². The molecule has 3 nitrogen and oxygen atoms in total. The summed E-state index contributed by atoms with van der Waals surface area (Å²) in [5, 5.41) is 4.12. The van der Waals surface area contributed by atoms with Gasteiger partial charge in [0.25, 0.3) is 0 Å². The van der Waals surface area contributed by atoms with Gasteiger partial charge in [0.2, 0.25) is 0 Å². The topological polar surface area (TPSA) is 43.8 Å². The standard InChI is InChI=1S/C10H9ClFN3/c11-10-7(2-1-3-8(10)12)6-15-5-4-9(13)14-15/h1-5H,6H2,(H2,13,14). The maximum atomic E-state index is 13.1. The van der Waals surface area contributed by atoms with Crippen LogP contribution in [0.3, 0.4) is 0 Å². The van der Waals surface area contributed by atoms with Gasteiger partial charge in [-0.05, 0) is 17.7 Å². The minimum atomic E-state index is -0.422. The Hall–Kier alpha value is -1.55. The first-order chi connectivity index (χ1) is 7.16. The zero-order valence-electron chi connectivity index (χ0n) is 7.82.